The van der Waals surface area contributed by atoms with E-state index in [-0.39, 0.29) is 11.1 Å². The van der Waals surface area contributed by atoms with Crippen LogP contribution in [0.25, 0.3) is 0 Å². The SMILES string of the molecule is CC(=O)c1cc(C(=O)O)cc([N+](=O)[O-])c1. The van der Waals surface area contributed by atoms with Gasteiger partial charge < -0.3 is 5.11 Å². The van der Waals surface area contributed by atoms with Crippen LogP contribution in [-0.4, -0.2) is 21.8 Å². The lowest BCUT2D eigenvalue weighted by molar-refractivity contribution is -0.384. The first-order valence-electron chi connectivity index (χ1n) is 3.95. The third-order valence-electron chi connectivity index (χ3n) is 1.78. The second-order valence-corrected chi connectivity index (χ2v) is 2.89. The fourth-order valence-electron chi connectivity index (χ4n) is 1.04. The molecule has 0 saturated carbocycles. The highest BCUT2D eigenvalue weighted by Crippen LogP contribution is 2.17. The Morgan fingerprint density at radius 3 is 2.20 bits per heavy atom. The smallest absolute Gasteiger partial charge is 0.335 e. The molecule has 0 unspecified atom stereocenters. The van der Waals surface area contributed by atoms with Gasteiger partial charge in [0.2, 0.25) is 0 Å². The molecule has 1 aromatic rings. The molecule has 0 saturated heterocycles. The van der Waals surface area contributed by atoms with Crippen molar-refractivity contribution in [2.75, 3.05) is 0 Å². The molecule has 6 heteroatoms. The summed E-state index contributed by atoms with van der Waals surface area (Å²) < 4.78 is 0. The first kappa shape index (κ1) is 10.8. The number of nitro benzene ring substituents is 1. The van der Waals surface area contributed by atoms with Crippen LogP contribution >= 0.6 is 0 Å². The van der Waals surface area contributed by atoms with Crippen LogP contribution in [-0.2, 0) is 0 Å². The van der Waals surface area contributed by atoms with Gasteiger partial charge in [-0.15, -0.1) is 0 Å². The number of carboxylic acid groups (broad SMARTS) is 1. The Kier molecular flexibility index (Phi) is 2.80. The van der Waals surface area contributed by atoms with E-state index in [1.807, 2.05) is 0 Å². The highest BCUT2D eigenvalue weighted by molar-refractivity contribution is 5.98. The van der Waals surface area contributed by atoms with Crippen LogP contribution in [0.3, 0.4) is 0 Å². The summed E-state index contributed by atoms with van der Waals surface area (Å²) in [4.78, 5) is 31.3. The fraction of sp³-hybridized carbons (Fsp3) is 0.111. The van der Waals surface area contributed by atoms with Crippen molar-refractivity contribution in [2.24, 2.45) is 0 Å². The van der Waals surface area contributed by atoms with E-state index < -0.39 is 22.4 Å². The summed E-state index contributed by atoms with van der Waals surface area (Å²) in [5, 5.41) is 19.1. The van der Waals surface area contributed by atoms with Crippen molar-refractivity contribution >= 4 is 17.4 Å². The second kappa shape index (κ2) is 3.87. The number of nitro groups is 1. The van der Waals surface area contributed by atoms with Crippen molar-refractivity contribution in [3.8, 4) is 0 Å². The van der Waals surface area contributed by atoms with E-state index in [1.54, 1.807) is 0 Å². The third-order valence-corrected chi connectivity index (χ3v) is 1.78. The van der Waals surface area contributed by atoms with Crippen molar-refractivity contribution in [2.45, 2.75) is 6.92 Å². The first-order chi connectivity index (χ1) is 6.91. The number of hydrogen-bond acceptors (Lipinski definition) is 4. The molecule has 15 heavy (non-hydrogen) atoms. The topological polar surface area (TPSA) is 97.5 Å². The van der Waals surface area contributed by atoms with E-state index in [4.69, 9.17) is 5.11 Å². The number of carboxylic acids is 1. The maximum atomic E-state index is 11.0. The zero-order valence-electron chi connectivity index (χ0n) is 7.76. The Labute approximate surface area is 84.3 Å². The summed E-state index contributed by atoms with van der Waals surface area (Å²) in [6, 6.07) is 3.07. The van der Waals surface area contributed by atoms with Crippen molar-refractivity contribution in [1.82, 2.24) is 0 Å². The van der Waals surface area contributed by atoms with E-state index in [1.165, 1.54) is 6.92 Å². The third kappa shape index (κ3) is 2.37. The number of hydrogen-bond donors (Lipinski definition) is 1. The van der Waals surface area contributed by atoms with E-state index in [0.29, 0.717) is 0 Å². The van der Waals surface area contributed by atoms with Gasteiger partial charge in [0, 0.05) is 17.7 Å². The number of ketones is 1. The summed E-state index contributed by atoms with van der Waals surface area (Å²) in [7, 11) is 0. The van der Waals surface area contributed by atoms with Crippen LogP contribution in [0.4, 0.5) is 5.69 Å². The lowest BCUT2D eigenvalue weighted by Crippen LogP contribution is -2.02. The van der Waals surface area contributed by atoms with Gasteiger partial charge >= 0.3 is 5.97 Å². The van der Waals surface area contributed by atoms with Crippen LogP contribution < -0.4 is 0 Å². The summed E-state index contributed by atoms with van der Waals surface area (Å²) in [5.74, 6) is -1.72. The lowest BCUT2D eigenvalue weighted by atomic mass is 10.1. The van der Waals surface area contributed by atoms with Crippen molar-refractivity contribution < 1.29 is 19.6 Å². The molecule has 78 valence electrons. The van der Waals surface area contributed by atoms with Crippen molar-refractivity contribution in [3.63, 3.8) is 0 Å². The van der Waals surface area contributed by atoms with E-state index in [2.05, 4.69) is 0 Å². The summed E-state index contributed by atoms with van der Waals surface area (Å²) in [6.45, 7) is 1.21. The second-order valence-electron chi connectivity index (χ2n) is 2.89. The molecule has 0 atom stereocenters. The molecular weight excluding hydrogens is 202 g/mol. The Morgan fingerprint density at radius 2 is 1.80 bits per heavy atom. The maximum absolute atomic E-state index is 11.0. The van der Waals surface area contributed by atoms with Crippen LogP contribution in [0.5, 0.6) is 0 Å². The van der Waals surface area contributed by atoms with Gasteiger partial charge in [0.25, 0.3) is 5.69 Å². The number of carbonyl (C=O) groups is 2. The molecule has 0 radical (unpaired) electrons. The summed E-state index contributed by atoms with van der Waals surface area (Å²) in [6.07, 6.45) is 0. The van der Waals surface area contributed by atoms with Crippen LogP contribution in [0.15, 0.2) is 18.2 Å². The molecule has 0 heterocycles. The predicted octanol–water partition coefficient (Wildman–Crippen LogP) is 1.50. The standard InChI is InChI=1S/C9H7NO5/c1-5(11)6-2-7(9(12)13)4-8(3-6)10(14)15/h2-4H,1H3,(H,12,13). The van der Waals surface area contributed by atoms with E-state index >= 15 is 0 Å². The van der Waals surface area contributed by atoms with Gasteiger partial charge in [0.1, 0.15) is 0 Å². The number of Topliss-reactive ketones (excluding diaryl/α,β-unsaturated/α-hetero) is 1. The predicted molar refractivity (Wildman–Crippen MR) is 50.1 cm³/mol. The van der Waals surface area contributed by atoms with Gasteiger partial charge in [-0.25, -0.2) is 4.79 Å². The van der Waals surface area contributed by atoms with Crippen molar-refractivity contribution in [3.05, 3.63) is 39.4 Å². The molecule has 1 N–H and O–H groups in total. The number of nitrogens with zero attached hydrogens (tertiary/aromatic N) is 1. The van der Waals surface area contributed by atoms with Gasteiger partial charge in [0.15, 0.2) is 5.78 Å². The quantitative estimate of drug-likeness (QED) is 0.462. The largest absolute Gasteiger partial charge is 0.478 e. The molecule has 0 fully saturated rings. The molecular formula is C9H7NO5. The van der Waals surface area contributed by atoms with Gasteiger partial charge in [-0.05, 0) is 13.0 Å². The molecule has 0 aromatic heterocycles. The molecule has 6 nitrogen and oxygen atoms in total. The van der Waals surface area contributed by atoms with Crippen LogP contribution in [0.1, 0.15) is 27.6 Å². The fourth-order valence-corrected chi connectivity index (χ4v) is 1.04. The molecule has 1 aromatic carbocycles. The molecule has 0 aliphatic rings. The number of non-ortho nitro benzene ring substituents is 1. The molecule has 0 spiro atoms. The lowest BCUT2D eigenvalue weighted by Gasteiger charge is -1.99. The number of benzene rings is 1. The highest BCUT2D eigenvalue weighted by atomic mass is 16.6. The van der Waals surface area contributed by atoms with E-state index in [9.17, 15) is 19.7 Å². The molecule has 0 bridgehead atoms. The Balaban J connectivity index is 3.39. The zero-order valence-corrected chi connectivity index (χ0v) is 7.76. The van der Waals surface area contributed by atoms with E-state index in [0.717, 1.165) is 18.2 Å². The molecule has 0 amide bonds. The minimum atomic E-state index is -1.30. The van der Waals surface area contributed by atoms with Gasteiger partial charge in [-0.3, -0.25) is 14.9 Å². The highest BCUT2D eigenvalue weighted by Gasteiger charge is 2.15. The first-order valence-corrected chi connectivity index (χ1v) is 3.95. The molecule has 0 aliphatic carbocycles. The number of carbonyl (C=O) groups excluding carboxylic acids is 1. The van der Waals surface area contributed by atoms with Gasteiger partial charge in [0.05, 0.1) is 10.5 Å². The van der Waals surface area contributed by atoms with Crippen molar-refractivity contribution in [1.29, 1.82) is 0 Å². The van der Waals surface area contributed by atoms with Crippen LogP contribution in [0.2, 0.25) is 0 Å². The summed E-state index contributed by atoms with van der Waals surface area (Å²) >= 11 is 0. The zero-order chi connectivity index (χ0) is 11.6. The van der Waals surface area contributed by atoms with Gasteiger partial charge in [-0.1, -0.05) is 0 Å². The average molecular weight is 209 g/mol. The van der Waals surface area contributed by atoms with Gasteiger partial charge in [-0.2, -0.15) is 0 Å². The average Bonchev–Trinajstić information content (AvgIpc) is 2.16. The Bertz CT molecular complexity index is 373. The van der Waals surface area contributed by atoms with Crippen LogP contribution in [0, 0.1) is 10.1 Å². The minimum Gasteiger partial charge on any atom is -0.478 e. The number of rotatable bonds is 3. The Morgan fingerprint density at radius 1 is 1.27 bits per heavy atom. The molecule has 1 rings (SSSR count). The normalized spacial score (nSPS) is 9.67. The molecule has 0 aliphatic heterocycles. The Hall–Kier alpha value is -2.24. The summed E-state index contributed by atoms with van der Waals surface area (Å²) in [5.41, 5.74) is -0.656. The number of aromatic carboxylic acids is 1. The minimum absolute atomic E-state index is 0.0154. The monoisotopic (exact) mass is 209 g/mol. The maximum Gasteiger partial charge on any atom is 0.335 e.